The van der Waals surface area contributed by atoms with E-state index in [0.29, 0.717) is 51.0 Å². The number of nitrogen functional groups attached to an aromatic ring is 1. The first-order valence-corrected chi connectivity index (χ1v) is 9.12. The molecule has 8 nitrogen and oxygen atoms in total. The summed E-state index contributed by atoms with van der Waals surface area (Å²) in [6.07, 6.45) is 3.10. The number of benzene rings is 1. The zero-order chi connectivity index (χ0) is 20.0. The largest absolute Gasteiger partial charge is 0.383 e. The minimum absolute atomic E-state index is 0.318. The van der Waals surface area contributed by atoms with Crippen LogP contribution in [-0.4, -0.2) is 29.7 Å². The Morgan fingerprint density at radius 1 is 1.14 bits per heavy atom. The highest BCUT2D eigenvalue weighted by Crippen LogP contribution is 2.37. The van der Waals surface area contributed by atoms with Crippen molar-refractivity contribution in [2.45, 2.75) is 6.54 Å². The molecule has 4 aromatic heterocycles. The highest BCUT2D eigenvalue weighted by molar-refractivity contribution is 6.38. The fraction of sp³-hybridized carbons (Fsp3) is 0.0500. The van der Waals surface area contributed by atoms with Gasteiger partial charge in [-0.1, -0.05) is 23.7 Å². The van der Waals surface area contributed by atoms with Crippen molar-refractivity contribution in [1.29, 1.82) is 5.26 Å². The third-order valence-corrected chi connectivity index (χ3v) is 5.11. The SMILES string of the molecule is N#Cc1ccc(Cn2nc(-c3[nH]c4ncccc4c3Cl)c3c(N)ncnc32)cc1. The lowest BCUT2D eigenvalue weighted by atomic mass is 10.1. The standard InChI is InChI=1S/C20H13ClN8/c21-15-13-2-1-7-24-19(13)27-17(15)16-14-18(23)25-10-26-20(14)29(28-16)9-12-5-3-11(8-22)4-6-12/h1-7,10H,9H2,(H,24,27)(H2,23,25,26). The van der Waals surface area contributed by atoms with Crippen LogP contribution in [0.2, 0.25) is 5.02 Å². The molecule has 0 radical (unpaired) electrons. The highest BCUT2D eigenvalue weighted by Gasteiger charge is 2.22. The van der Waals surface area contributed by atoms with Crippen LogP contribution in [-0.2, 0) is 6.54 Å². The van der Waals surface area contributed by atoms with Gasteiger partial charge < -0.3 is 10.7 Å². The van der Waals surface area contributed by atoms with Gasteiger partial charge in [-0.25, -0.2) is 19.6 Å². The van der Waals surface area contributed by atoms with Gasteiger partial charge in [-0.15, -0.1) is 0 Å². The molecule has 3 N–H and O–H groups in total. The molecule has 0 amide bonds. The number of rotatable bonds is 3. The summed E-state index contributed by atoms with van der Waals surface area (Å²) in [5.74, 6) is 0.318. The summed E-state index contributed by atoms with van der Waals surface area (Å²) < 4.78 is 1.75. The van der Waals surface area contributed by atoms with Crippen molar-refractivity contribution in [3.05, 3.63) is 65.1 Å². The molecule has 0 aliphatic heterocycles. The highest BCUT2D eigenvalue weighted by atomic mass is 35.5. The Morgan fingerprint density at radius 2 is 1.97 bits per heavy atom. The number of hydrogen-bond donors (Lipinski definition) is 2. The van der Waals surface area contributed by atoms with E-state index < -0.39 is 0 Å². The summed E-state index contributed by atoms with van der Waals surface area (Å²) in [6.45, 7) is 0.453. The van der Waals surface area contributed by atoms with E-state index >= 15 is 0 Å². The van der Waals surface area contributed by atoms with E-state index in [1.807, 2.05) is 24.3 Å². The van der Waals surface area contributed by atoms with E-state index in [1.165, 1.54) is 6.33 Å². The van der Waals surface area contributed by atoms with Crippen LogP contribution in [0.5, 0.6) is 0 Å². The molecule has 0 saturated carbocycles. The van der Waals surface area contributed by atoms with Crippen LogP contribution in [0.25, 0.3) is 33.5 Å². The number of nitriles is 1. The fourth-order valence-electron chi connectivity index (χ4n) is 3.33. The van der Waals surface area contributed by atoms with E-state index in [9.17, 15) is 0 Å². The Kier molecular flexibility index (Phi) is 3.89. The molecule has 0 fully saturated rings. The van der Waals surface area contributed by atoms with Gasteiger partial charge in [0.15, 0.2) is 5.65 Å². The average Bonchev–Trinajstić information content (AvgIpc) is 3.28. The van der Waals surface area contributed by atoms with Gasteiger partial charge >= 0.3 is 0 Å². The number of halogens is 1. The van der Waals surface area contributed by atoms with Crippen molar-refractivity contribution < 1.29 is 0 Å². The van der Waals surface area contributed by atoms with Crippen molar-refractivity contribution in [2.75, 3.05) is 5.73 Å². The van der Waals surface area contributed by atoms with E-state index in [2.05, 4.69) is 26.0 Å². The summed E-state index contributed by atoms with van der Waals surface area (Å²) in [6, 6.07) is 13.1. The number of nitrogens with one attached hydrogen (secondary N) is 1. The molecule has 0 saturated heterocycles. The number of aromatic amines is 1. The van der Waals surface area contributed by atoms with Gasteiger partial charge in [-0.2, -0.15) is 10.4 Å². The summed E-state index contributed by atoms with van der Waals surface area (Å²) in [7, 11) is 0. The summed E-state index contributed by atoms with van der Waals surface area (Å²) >= 11 is 6.61. The number of pyridine rings is 1. The minimum atomic E-state index is 0.318. The maximum absolute atomic E-state index is 8.99. The molecule has 0 unspecified atom stereocenters. The van der Waals surface area contributed by atoms with Gasteiger partial charge in [0, 0.05) is 11.6 Å². The molecule has 5 rings (SSSR count). The Hall–Kier alpha value is -3.96. The van der Waals surface area contributed by atoms with Gasteiger partial charge in [0.05, 0.1) is 34.3 Å². The quantitative estimate of drug-likeness (QED) is 0.477. The molecule has 1 aromatic carbocycles. The Labute approximate surface area is 169 Å². The Balaban J connectivity index is 1.70. The van der Waals surface area contributed by atoms with Crippen LogP contribution < -0.4 is 5.73 Å². The third-order valence-electron chi connectivity index (χ3n) is 4.72. The van der Waals surface area contributed by atoms with Gasteiger partial charge in [0.1, 0.15) is 23.5 Å². The zero-order valence-corrected chi connectivity index (χ0v) is 15.7. The second kappa shape index (κ2) is 6.58. The first-order valence-electron chi connectivity index (χ1n) is 8.74. The molecule has 0 spiro atoms. The number of nitrogens with zero attached hydrogens (tertiary/aromatic N) is 6. The zero-order valence-electron chi connectivity index (χ0n) is 15.0. The first kappa shape index (κ1) is 17.2. The second-order valence-corrected chi connectivity index (χ2v) is 6.86. The van der Waals surface area contributed by atoms with Crippen LogP contribution in [0.15, 0.2) is 48.9 Å². The van der Waals surface area contributed by atoms with E-state index in [1.54, 1.807) is 23.0 Å². The van der Waals surface area contributed by atoms with Crippen molar-refractivity contribution in [3.63, 3.8) is 0 Å². The average molecular weight is 401 g/mol. The number of nitrogens with two attached hydrogens (primary N) is 1. The number of fused-ring (bicyclic) bond motifs is 2. The summed E-state index contributed by atoms with van der Waals surface area (Å²) in [5.41, 5.74) is 10.2. The molecule has 0 aliphatic rings. The smallest absolute Gasteiger partial charge is 0.164 e. The molecule has 29 heavy (non-hydrogen) atoms. The molecule has 0 aliphatic carbocycles. The minimum Gasteiger partial charge on any atom is -0.383 e. The van der Waals surface area contributed by atoms with Crippen LogP contribution >= 0.6 is 11.6 Å². The summed E-state index contributed by atoms with van der Waals surface area (Å²) in [4.78, 5) is 16.1. The third kappa shape index (κ3) is 2.76. The normalized spacial score (nSPS) is 11.2. The predicted molar refractivity (Wildman–Crippen MR) is 110 cm³/mol. The molecule has 9 heteroatoms. The van der Waals surface area contributed by atoms with E-state index in [0.717, 1.165) is 10.9 Å². The number of aromatic nitrogens is 6. The molecule has 140 valence electrons. The lowest BCUT2D eigenvalue weighted by Gasteiger charge is -2.03. The van der Waals surface area contributed by atoms with Crippen molar-refractivity contribution in [3.8, 4) is 17.5 Å². The lowest BCUT2D eigenvalue weighted by molar-refractivity contribution is 0.706. The predicted octanol–water partition coefficient (Wildman–Crippen LogP) is 3.53. The van der Waals surface area contributed by atoms with E-state index in [-0.39, 0.29) is 0 Å². The number of anilines is 1. The first-order chi connectivity index (χ1) is 14.2. The molecule has 0 bridgehead atoms. The lowest BCUT2D eigenvalue weighted by Crippen LogP contribution is -2.03. The Morgan fingerprint density at radius 3 is 2.72 bits per heavy atom. The number of H-pyrrole nitrogens is 1. The maximum Gasteiger partial charge on any atom is 0.164 e. The van der Waals surface area contributed by atoms with Crippen LogP contribution in [0.4, 0.5) is 5.82 Å². The van der Waals surface area contributed by atoms with Gasteiger partial charge in [-0.3, -0.25) is 0 Å². The van der Waals surface area contributed by atoms with Gasteiger partial charge in [0.25, 0.3) is 0 Å². The molecule has 0 atom stereocenters. The van der Waals surface area contributed by atoms with Gasteiger partial charge in [0.2, 0.25) is 0 Å². The molecular weight excluding hydrogens is 388 g/mol. The topological polar surface area (TPSA) is 122 Å². The van der Waals surface area contributed by atoms with Crippen molar-refractivity contribution in [1.82, 2.24) is 29.7 Å². The van der Waals surface area contributed by atoms with Crippen molar-refractivity contribution in [2.24, 2.45) is 0 Å². The fourth-order valence-corrected chi connectivity index (χ4v) is 3.62. The van der Waals surface area contributed by atoms with Crippen LogP contribution in [0, 0.1) is 11.3 Å². The second-order valence-electron chi connectivity index (χ2n) is 6.49. The van der Waals surface area contributed by atoms with E-state index in [4.69, 9.17) is 27.7 Å². The molecular formula is C20H13ClN8. The van der Waals surface area contributed by atoms with Crippen molar-refractivity contribution >= 4 is 39.5 Å². The number of hydrogen-bond acceptors (Lipinski definition) is 6. The van der Waals surface area contributed by atoms with Crippen LogP contribution in [0.3, 0.4) is 0 Å². The molecule has 5 aromatic rings. The maximum atomic E-state index is 8.99. The monoisotopic (exact) mass is 400 g/mol. The van der Waals surface area contributed by atoms with Crippen LogP contribution in [0.1, 0.15) is 11.1 Å². The summed E-state index contributed by atoms with van der Waals surface area (Å²) in [5, 5.41) is 15.7. The molecule has 4 heterocycles. The van der Waals surface area contributed by atoms with Gasteiger partial charge in [-0.05, 0) is 29.8 Å². The Bertz CT molecular complexity index is 1410.